The Morgan fingerprint density at radius 3 is 2.94 bits per heavy atom. The van der Waals surface area contributed by atoms with Crippen LogP contribution >= 0.6 is 0 Å². The molecule has 16 heavy (non-hydrogen) atoms. The summed E-state index contributed by atoms with van der Waals surface area (Å²) in [6.45, 7) is 4.51. The van der Waals surface area contributed by atoms with E-state index in [0.717, 1.165) is 32.6 Å². The van der Waals surface area contributed by atoms with Crippen LogP contribution in [0.15, 0.2) is 0 Å². The van der Waals surface area contributed by atoms with Gasteiger partial charge in [-0.2, -0.15) is 5.10 Å². The molecule has 3 rings (SSSR count). The first-order valence-electron chi connectivity index (χ1n) is 6.30. The molecular formula is C12H20N4. The molecule has 1 fully saturated rings. The Hall–Kier alpha value is -0.870. The highest BCUT2D eigenvalue weighted by atomic mass is 15.2. The largest absolute Gasteiger partial charge is 0.317 e. The highest BCUT2D eigenvalue weighted by molar-refractivity contribution is 5.30. The molecule has 3 heterocycles. The van der Waals surface area contributed by atoms with Crippen LogP contribution in [0.25, 0.3) is 0 Å². The second kappa shape index (κ2) is 4.18. The molecule has 2 N–H and O–H groups in total. The lowest BCUT2D eigenvalue weighted by molar-refractivity contribution is 0.309. The lowest BCUT2D eigenvalue weighted by atomic mass is 9.90. The van der Waals surface area contributed by atoms with Gasteiger partial charge < -0.3 is 10.2 Å². The molecule has 2 aliphatic rings. The second-order valence-corrected chi connectivity index (χ2v) is 5.08. The van der Waals surface area contributed by atoms with Crippen molar-refractivity contribution < 1.29 is 0 Å². The minimum Gasteiger partial charge on any atom is -0.317 e. The summed E-state index contributed by atoms with van der Waals surface area (Å²) in [5, 5.41) is 11.2. The van der Waals surface area contributed by atoms with E-state index in [4.69, 9.17) is 0 Å². The number of fused-ring (bicyclic) bond motifs is 1. The first-order chi connectivity index (χ1) is 7.84. The first-order valence-corrected chi connectivity index (χ1v) is 6.30. The summed E-state index contributed by atoms with van der Waals surface area (Å²) in [6.07, 6.45) is 3.60. The van der Waals surface area contributed by atoms with Crippen LogP contribution in [0, 0.1) is 0 Å². The number of rotatable bonds is 1. The quantitative estimate of drug-likeness (QED) is 0.738. The molecular weight excluding hydrogens is 200 g/mol. The number of nitrogens with zero attached hydrogens (tertiary/aromatic N) is 2. The molecule has 0 saturated carbocycles. The van der Waals surface area contributed by atoms with Gasteiger partial charge in [0.15, 0.2) is 0 Å². The van der Waals surface area contributed by atoms with E-state index in [1.807, 2.05) is 0 Å². The molecule has 1 aromatic heterocycles. The van der Waals surface area contributed by atoms with Crippen molar-refractivity contribution in [2.24, 2.45) is 0 Å². The highest BCUT2D eigenvalue weighted by Crippen LogP contribution is 2.30. The molecule has 0 aliphatic carbocycles. The first kappa shape index (κ1) is 10.3. The summed E-state index contributed by atoms with van der Waals surface area (Å²) in [6, 6.07) is 0. The van der Waals surface area contributed by atoms with Crippen LogP contribution < -0.4 is 5.32 Å². The standard InChI is InChI=1S/C12H20N4/c1-16-7-4-11-10(8-16)12(15-14-11)9-2-5-13-6-3-9/h9,13H,2-8H2,1H3,(H,14,15). The smallest absolute Gasteiger partial charge is 0.0701 e. The molecule has 0 radical (unpaired) electrons. The third-order valence-electron chi connectivity index (χ3n) is 3.88. The Kier molecular flexibility index (Phi) is 2.69. The maximum Gasteiger partial charge on any atom is 0.0701 e. The molecule has 0 amide bonds. The predicted molar refractivity (Wildman–Crippen MR) is 63.5 cm³/mol. The van der Waals surface area contributed by atoms with Crippen molar-refractivity contribution in [3.05, 3.63) is 17.0 Å². The summed E-state index contributed by atoms with van der Waals surface area (Å²) >= 11 is 0. The fourth-order valence-corrected chi connectivity index (χ4v) is 2.89. The molecule has 1 aromatic rings. The van der Waals surface area contributed by atoms with Crippen molar-refractivity contribution >= 4 is 0 Å². The summed E-state index contributed by atoms with van der Waals surface area (Å²) in [7, 11) is 2.20. The highest BCUT2D eigenvalue weighted by Gasteiger charge is 2.25. The number of aromatic amines is 1. The van der Waals surface area contributed by atoms with Gasteiger partial charge in [0.25, 0.3) is 0 Å². The number of hydrogen-bond donors (Lipinski definition) is 2. The summed E-state index contributed by atoms with van der Waals surface area (Å²) < 4.78 is 0. The summed E-state index contributed by atoms with van der Waals surface area (Å²) in [5.41, 5.74) is 4.22. The van der Waals surface area contributed by atoms with Gasteiger partial charge >= 0.3 is 0 Å². The normalized spacial score (nSPS) is 23.3. The van der Waals surface area contributed by atoms with Crippen LogP contribution in [-0.2, 0) is 13.0 Å². The number of piperidine rings is 1. The fourth-order valence-electron chi connectivity index (χ4n) is 2.89. The van der Waals surface area contributed by atoms with E-state index in [9.17, 15) is 0 Å². The van der Waals surface area contributed by atoms with Gasteiger partial charge in [-0.15, -0.1) is 0 Å². The Labute approximate surface area is 96.4 Å². The van der Waals surface area contributed by atoms with E-state index in [2.05, 4.69) is 27.5 Å². The maximum absolute atomic E-state index is 4.58. The van der Waals surface area contributed by atoms with Crippen molar-refractivity contribution in [1.82, 2.24) is 20.4 Å². The lowest BCUT2D eigenvalue weighted by Crippen LogP contribution is -2.29. The number of H-pyrrole nitrogens is 1. The van der Waals surface area contributed by atoms with Crippen molar-refractivity contribution in [3.63, 3.8) is 0 Å². The Bertz CT molecular complexity index is 365. The van der Waals surface area contributed by atoms with Crippen LogP contribution in [-0.4, -0.2) is 41.8 Å². The molecule has 4 heteroatoms. The minimum absolute atomic E-state index is 0.674. The van der Waals surface area contributed by atoms with Crippen LogP contribution in [0.5, 0.6) is 0 Å². The van der Waals surface area contributed by atoms with Gasteiger partial charge in [0.2, 0.25) is 0 Å². The third-order valence-corrected chi connectivity index (χ3v) is 3.88. The molecule has 0 bridgehead atoms. The average molecular weight is 220 g/mol. The Morgan fingerprint density at radius 1 is 1.31 bits per heavy atom. The van der Waals surface area contributed by atoms with E-state index in [0.29, 0.717) is 5.92 Å². The lowest BCUT2D eigenvalue weighted by Gasteiger charge is -2.26. The van der Waals surface area contributed by atoms with Crippen LogP contribution in [0.2, 0.25) is 0 Å². The van der Waals surface area contributed by atoms with E-state index in [1.54, 1.807) is 0 Å². The van der Waals surface area contributed by atoms with Crippen molar-refractivity contribution in [2.75, 3.05) is 26.7 Å². The topological polar surface area (TPSA) is 44.0 Å². The molecule has 0 atom stereocenters. The zero-order chi connectivity index (χ0) is 11.0. The van der Waals surface area contributed by atoms with Crippen LogP contribution in [0.3, 0.4) is 0 Å². The zero-order valence-corrected chi connectivity index (χ0v) is 9.92. The molecule has 88 valence electrons. The van der Waals surface area contributed by atoms with Crippen molar-refractivity contribution in [3.8, 4) is 0 Å². The van der Waals surface area contributed by atoms with Gasteiger partial charge in [-0.25, -0.2) is 0 Å². The van der Waals surface area contributed by atoms with Gasteiger partial charge in [0.1, 0.15) is 0 Å². The maximum atomic E-state index is 4.58. The average Bonchev–Trinajstić information content (AvgIpc) is 2.73. The Balaban J connectivity index is 1.86. The number of aromatic nitrogens is 2. The summed E-state index contributed by atoms with van der Waals surface area (Å²) in [4.78, 5) is 2.39. The minimum atomic E-state index is 0.674. The molecule has 1 saturated heterocycles. The van der Waals surface area contributed by atoms with Crippen molar-refractivity contribution in [2.45, 2.75) is 31.7 Å². The van der Waals surface area contributed by atoms with E-state index in [1.165, 1.54) is 29.8 Å². The zero-order valence-electron chi connectivity index (χ0n) is 9.92. The van der Waals surface area contributed by atoms with Crippen LogP contribution in [0.1, 0.15) is 35.7 Å². The number of nitrogens with one attached hydrogen (secondary N) is 2. The fraction of sp³-hybridized carbons (Fsp3) is 0.750. The SMILES string of the molecule is CN1CCc2[nH]nc(C3CCNCC3)c2C1. The predicted octanol–water partition coefficient (Wildman–Crippen LogP) is 0.865. The van der Waals surface area contributed by atoms with Gasteiger partial charge in [0.05, 0.1) is 5.69 Å². The van der Waals surface area contributed by atoms with Gasteiger partial charge in [-0.3, -0.25) is 5.10 Å². The van der Waals surface area contributed by atoms with Gasteiger partial charge in [-0.1, -0.05) is 0 Å². The van der Waals surface area contributed by atoms with E-state index < -0.39 is 0 Å². The molecule has 4 nitrogen and oxygen atoms in total. The summed E-state index contributed by atoms with van der Waals surface area (Å²) in [5.74, 6) is 0.674. The van der Waals surface area contributed by atoms with E-state index in [-0.39, 0.29) is 0 Å². The van der Waals surface area contributed by atoms with Crippen molar-refractivity contribution in [1.29, 1.82) is 0 Å². The van der Waals surface area contributed by atoms with Crippen LogP contribution in [0.4, 0.5) is 0 Å². The van der Waals surface area contributed by atoms with Gasteiger partial charge in [0, 0.05) is 36.7 Å². The Morgan fingerprint density at radius 2 is 2.12 bits per heavy atom. The second-order valence-electron chi connectivity index (χ2n) is 5.08. The van der Waals surface area contributed by atoms with Gasteiger partial charge in [-0.05, 0) is 33.0 Å². The number of likely N-dealkylation sites (N-methyl/N-ethyl adjacent to an activating group) is 1. The monoisotopic (exact) mass is 220 g/mol. The molecule has 0 spiro atoms. The third kappa shape index (κ3) is 1.76. The van der Waals surface area contributed by atoms with E-state index >= 15 is 0 Å². The molecule has 0 aromatic carbocycles. The molecule has 2 aliphatic heterocycles. The molecule has 0 unspecified atom stereocenters. The number of hydrogen-bond acceptors (Lipinski definition) is 3.